The molecule has 1 fully saturated rings. The SMILES string of the molecule is CC.Cc1ccc(C(C)C)cc1[C@H]1CCCO1. The fraction of sp³-hybridized carbons (Fsp3) is 0.625. The van der Waals surface area contributed by atoms with Crippen molar-refractivity contribution in [1.29, 1.82) is 0 Å². The predicted octanol–water partition coefficient (Wildman–Crippen LogP) is 5.00. The molecule has 0 amide bonds. The third kappa shape index (κ3) is 3.57. The number of hydrogen-bond donors (Lipinski definition) is 0. The van der Waals surface area contributed by atoms with Crippen molar-refractivity contribution < 1.29 is 4.74 Å². The lowest BCUT2D eigenvalue weighted by molar-refractivity contribution is 0.111. The first-order chi connectivity index (χ1) is 8.18. The largest absolute Gasteiger partial charge is 0.374 e. The molecule has 0 radical (unpaired) electrons. The summed E-state index contributed by atoms with van der Waals surface area (Å²) in [6.45, 7) is 11.6. The lowest BCUT2D eigenvalue weighted by Gasteiger charge is -2.16. The highest BCUT2D eigenvalue weighted by Gasteiger charge is 2.19. The molecule has 0 bridgehead atoms. The van der Waals surface area contributed by atoms with E-state index in [1.807, 2.05) is 13.8 Å². The smallest absolute Gasteiger partial charge is 0.0828 e. The van der Waals surface area contributed by atoms with Crippen LogP contribution in [0, 0.1) is 6.92 Å². The summed E-state index contributed by atoms with van der Waals surface area (Å²) in [7, 11) is 0. The van der Waals surface area contributed by atoms with Crippen LogP contribution in [0.4, 0.5) is 0 Å². The van der Waals surface area contributed by atoms with Gasteiger partial charge in [-0.15, -0.1) is 0 Å². The Bertz CT molecular complexity index is 335. The van der Waals surface area contributed by atoms with Gasteiger partial charge in [-0.2, -0.15) is 0 Å². The zero-order chi connectivity index (χ0) is 12.8. The van der Waals surface area contributed by atoms with Gasteiger partial charge >= 0.3 is 0 Å². The summed E-state index contributed by atoms with van der Waals surface area (Å²) in [6.07, 6.45) is 2.74. The summed E-state index contributed by atoms with van der Waals surface area (Å²) < 4.78 is 5.75. The van der Waals surface area contributed by atoms with E-state index >= 15 is 0 Å². The minimum Gasteiger partial charge on any atom is -0.374 e. The van der Waals surface area contributed by atoms with Gasteiger partial charge in [0.2, 0.25) is 0 Å². The lowest BCUT2D eigenvalue weighted by atomic mass is 9.94. The van der Waals surface area contributed by atoms with Crippen LogP contribution in [0.15, 0.2) is 18.2 Å². The first kappa shape index (κ1) is 14.2. The van der Waals surface area contributed by atoms with Crippen molar-refractivity contribution in [2.75, 3.05) is 6.61 Å². The second kappa shape index (κ2) is 6.80. The highest BCUT2D eigenvalue weighted by atomic mass is 16.5. The third-order valence-corrected chi connectivity index (χ3v) is 3.25. The molecule has 1 aromatic rings. The molecule has 2 rings (SSSR count). The molecule has 1 saturated heterocycles. The van der Waals surface area contributed by atoms with Crippen LogP contribution in [0.1, 0.15) is 69.2 Å². The van der Waals surface area contributed by atoms with E-state index in [-0.39, 0.29) is 0 Å². The molecule has 1 aliphatic rings. The highest BCUT2D eigenvalue weighted by Crippen LogP contribution is 2.32. The van der Waals surface area contributed by atoms with Crippen molar-refractivity contribution in [2.24, 2.45) is 0 Å². The van der Waals surface area contributed by atoms with Crippen LogP contribution in [0.3, 0.4) is 0 Å². The van der Waals surface area contributed by atoms with E-state index in [1.54, 1.807) is 0 Å². The van der Waals surface area contributed by atoms with E-state index in [0.717, 1.165) is 6.61 Å². The Morgan fingerprint density at radius 3 is 2.47 bits per heavy atom. The molecular weight excluding hydrogens is 208 g/mol. The van der Waals surface area contributed by atoms with Crippen LogP contribution in [0.5, 0.6) is 0 Å². The predicted molar refractivity (Wildman–Crippen MR) is 74.5 cm³/mol. The molecule has 1 heterocycles. The van der Waals surface area contributed by atoms with E-state index in [4.69, 9.17) is 4.74 Å². The van der Waals surface area contributed by atoms with Gasteiger partial charge in [0.05, 0.1) is 6.10 Å². The normalized spacial score (nSPS) is 19.1. The quantitative estimate of drug-likeness (QED) is 0.700. The summed E-state index contributed by atoms with van der Waals surface area (Å²) in [6, 6.07) is 6.79. The molecule has 0 aliphatic carbocycles. The van der Waals surface area contributed by atoms with Gasteiger partial charge in [-0.25, -0.2) is 0 Å². The third-order valence-electron chi connectivity index (χ3n) is 3.25. The van der Waals surface area contributed by atoms with Crippen LogP contribution in [-0.2, 0) is 4.74 Å². The summed E-state index contributed by atoms with van der Waals surface area (Å²) in [5, 5.41) is 0. The minimum absolute atomic E-state index is 0.351. The second-order valence-electron chi connectivity index (χ2n) is 4.77. The van der Waals surface area contributed by atoms with Crippen LogP contribution < -0.4 is 0 Å². The van der Waals surface area contributed by atoms with Gasteiger partial charge in [0.25, 0.3) is 0 Å². The topological polar surface area (TPSA) is 9.23 Å². The number of rotatable bonds is 2. The summed E-state index contributed by atoms with van der Waals surface area (Å²) in [5.74, 6) is 0.603. The molecule has 1 atom stereocenters. The lowest BCUT2D eigenvalue weighted by Crippen LogP contribution is -2.00. The van der Waals surface area contributed by atoms with E-state index in [1.165, 1.54) is 29.5 Å². The average molecular weight is 234 g/mol. The summed E-state index contributed by atoms with van der Waals surface area (Å²) in [4.78, 5) is 0. The minimum atomic E-state index is 0.351. The van der Waals surface area contributed by atoms with E-state index in [2.05, 4.69) is 39.0 Å². The molecule has 0 spiro atoms. The molecule has 0 aromatic heterocycles. The molecular formula is C16H26O. The Labute approximate surface area is 106 Å². The summed E-state index contributed by atoms with van der Waals surface area (Å²) >= 11 is 0. The Kier molecular flexibility index (Phi) is 5.70. The van der Waals surface area contributed by atoms with Crippen molar-refractivity contribution in [3.05, 3.63) is 34.9 Å². The fourth-order valence-corrected chi connectivity index (χ4v) is 2.19. The molecule has 96 valence electrons. The Morgan fingerprint density at radius 1 is 1.24 bits per heavy atom. The summed E-state index contributed by atoms with van der Waals surface area (Å²) in [5.41, 5.74) is 4.19. The van der Waals surface area contributed by atoms with Crippen LogP contribution >= 0.6 is 0 Å². The fourth-order valence-electron chi connectivity index (χ4n) is 2.19. The van der Waals surface area contributed by atoms with Gasteiger partial charge in [-0.05, 0) is 42.4 Å². The van der Waals surface area contributed by atoms with E-state index in [9.17, 15) is 0 Å². The maximum atomic E-state index is 5.75. The van der Waals surface area contributed by atoms with Crippen LogP contribution in [-0.4, -0.2) is 6.61 Å². The van der Waals surface area contributed by atoms with Crippen molar-refractivity contribution in [1.82, 2.24) is 0 Å². The standard InChI is InChI=1S/C14H20O.C2H6/c1-10(2)12-7-6-11(3)13(9-12)14-5-4-8-15-14;1-2/h6-7,9-10,14H,4-5,8H2,1-3H3;1-2H3/t14-;/m1./s1. The molecule has 1 aliphatic heterocycles. The second-order valence-corrected chi connectivity index (χ2v) is 4.77. The maximum absolute atomic E-state index is 5.75. The van der Waals surface area contributed by atoms with Crippen LogP contribution in [0.2, 0.25) is 0 Å². The average Bonchev–Trinajstić information content (AvgIpc) is 2.85. The number of benzene rings is 1. The molecule has 0 unspecified atom stereocenters. The van der Waals surface area contributed by atoms with Gasteiger partial charge in [0, 0.05) is 6.61 Å². The maximum Gasteiger partial charge on any atom is 0.0828 e. The monoisotopic (exact) mass is 234 g/mol. The van der Waals surface area contributed by atoms with Gasteiger partial charge in [-0.3, -0.25) is 0 Å². The first-order valence-electron chi connectivity index (χ1n) is 6.90. The highest BCUT2D eigenvalue weighted by molar-refractivity contribution is 5.34. The zero-order valence-corrected chi connectivity index (χ0v) is 11.9. The number of hydrogen-bond acceptors (Lipinski definition) is 1. The molecule has 1 nitrogen and oxygen atoms in total. The Hall–Kier alpha value is -0.820. The molecule has 0 N–H and O–H groups in total. The molecule has 1 aromatic carbocycles. The van der Waals surface area contributed by atoms with Gasteiger partial charge in [0.1, 0.15) is 0 Å². The van der Waals surface area contributed by atoms with Crippen molar-refractivity contribution in [2.45, 2.75) is 59.5 Å². The van der Waals surface area contributed by atoms with Gasteiger partial charge in [0.15, 0.2) is 0 Å². The van der Waals surface area contributed by atoms with Crippen LogP contribution in [0.25, 0.3) is 0 Å². The molecule has 0 saturated carbocycles. The van der Waals surface area contributed by atoms with E-state index in [0.29, 0.717) is 12.0 Å². The molecule has 17 heavy (non-hydrogen) atoms. The van der Waals surface area contributed by atoms with E-state index < -0.39 is 0 Å². The van der Waals surface area contributed by atoms with Gasteiger partial charge in [-0.1, -0.05) is 45.9 Å². The molecule has 1 heteroatoms. The van der Waals surface area contributed by atoms with Gasteiger partial charge < -0.3 is 4.74 Å². The van der Waals surface area contributed by atoms with Crippen molar-refractivity contribution in [3.8, 4) is 0 Å². The number of aryl methyl sites for hydroxylation is 1. The number of ether oxygens (including phenoxy) is 1. The first-order valence-corrected chi connectivity index (χ1v) is 6.90. The zero-order valence-electron chi connectivity index (χ0n) is 11.9. The van der Waals surface area contributed by atoms with Crippen molar-refractivity contribution >= 4 is 0 Å². The Balaban J connectivity index is 0.000000686. The van der Waals surface area contributed by atoms with Crippen molar-refractivity contribution in [3.63, 3.8) is 0 Å². The Morgan fingerprint density at radius 2 is 1.94 bits per heavy atom.